The van der Waals surface area contributed by atoms with Gasteiger partial charge < -0.3 is 5.48 Å². The van der Waals surface area contributed by atoms with Gasteiger partial charge >= 0.3 is 0 Å². The molecule has 0 radical (unpaired) electrons. The third kappa shape index (κ3) is 1.97. The summed E-state index contributed by atoms with van der Waals surface area (Å²) in [7, 11) is 0. The van der Waals surface area contributed by atoms with Gasteiger partial charge in [-0.3, -0.25) is 4.79 Å². The summed E-state index contributed by atoms with van der Waals surface area (Å²) in [6, 6.07) is 0. The average Bonchev–Trinajstić information content (AvgIpc) is 2.74. The Kier molecular flexibility index (Phi) is 3.75. The highest BCUT2D eigenvalue weighted by molar-refractivity contribution is 5.87. The van der Waals surface area contributed by atoms with Crippen LogP contribution in [-0.4, -0.2) is 11.3 Å². The summed E-state index contributed by atoms with van der Waals surface area (Å²) < 4.78 is 0. The minimum atomic E-state index is 0. The summed E-state index contributed by atoms with van der Waals surface area (Å²) in [5, 5.41) is 0. The minimum Gasteiger partial charge on any atom is -0.412 e. The van der Waals surface area contributed by atoms with Crippen LogP contribution in [0.15, 0.2) is 0 Å². The lowest BCUT2D eigenvalue weighted by Gasteiger charge is -2.59. The summed E-state index contributed by atoms with van der Waals surface area (Å²) in [5.74, 6) is 4.13. The molecule has 0 aliphatic heterocycles. The molecule has 4 fully saturated rings. The van der Waals surface area contributed by atoms with E-state index in [-0.39, 0.29) is 13.7 Å². The van der Waals surface area contributed by atoms with E-state index in [1.165, 1.54) is 57.8 Å². The minimum absolute atomic E-state index is 0. The van der Waals surface area contributed by atoms with Gasteiger partial charge in [0.05, 0.1) is 0 Å². The smallest absolute Gasteiger partial charge is 0.139 e. The molecule has 0 spiro atoms. The molecule has 4 saturated carbocycles. The molecule has 2 heteroatoms. The zero-order valence-corrected chi connectivity index (χ0v) is 13.8. The summed E-state index contributed by atoms with van der Waals surface area (Å²) >= 11 is 0. The van der Waals surface area contributed by atoms with Crippen LogP contribution in [0.1, 0.15) is 80.9 Å². The molecule has 0 aromatic carbocycles. The second-order valence-corrected chi connectivity index (χ2v) is 8.82. The zero-order valence-electron chi connectivity index (χ0n) is 13.8. The highest BCUT2D eigenvalue weighted by Gasteiger charge is 2.59. The van der Waals surface area contributed by atoms with Crippen molar-refractivity contribution in [1.29, 1.82) is 0 Å². The Balaban J connectivity index is 0.000000882. The van der Waals surface area contributed by atoms with Gasteiger partial charge in [-0.05, 0) is 74.0 Å². The first-order chi connectivity index (χ1) is 9.56. The second-order valence-electron chi connectivity index (χ2n) is 8.82. The first-order valence-corrected chi connectivity index (χ1v) is 9.09. The molecule has 4 aliphatic carbocycles. The lowest BCUT2D eigenvalue weighted by atomic mass is 9.45. The molecule has 0 aromatic heterocycles. The molecule has 0 saturated heterocycles. The van der Waals surface area contributed by atoms with Crippen LogP contribution in [-0.2, 0) is 4.79 Å². The first-order valence-electron chi connectivity index (χ1n) is 9.09. The van der Waals surface area contributed by atoms with Gasteiger partial charge in [0.2, 0.25) is 0 Å². The molecule has 4 aliphatic rings. The second kappa shape index (κ2) is 5.08. The zero-order chi connectivity index (χ0) is 14.0. The van der Waals surface area contributed by atoms with E-state index in [1.54, 1.807) is 0 Å². The maximum atomic E-state index is 12.4. The maximum absolute atomic E-state index is 12.4. The van der Waals surface area contributed by atoms with Gasteiger partial charge in [0.15, 0.2) is 0 Å². The maximum Gasteiger partial charge on any atom is 0.139 e. The van der Waals surface area contributed by atoms with Crippen molar-refractivity contribution in [2.45, 2.75) is 78.1 Å². The van der Waals surface area contributed by atoms with Gasteiger partial charge in [0, 0.05) is 14.7 Å². The summed E-state index contributed by atoms with van der Waals surface area (Å²) in [4.78, 5) is 12.4. The average molecular weight is 296 g/mol. The van der Waals surface area contributed by atoms with Crippen LogP contribution in [0.25, 0.3) is 0 Å². The Hall–Kier alpha value is -0.370. The monoisotopic (exact) mass is 296 g/mol. The van der Waals surface area contributed by atoms with Crippen LogP contribution in [0.5, 0.6) is 0 Å². The van der Waals surface area contributed by atoms with Gasteiger partial charge in [-0.25, -0.2) is 0 Å². The van der Waals surface area contributed by atoms with Crippen molar-refractivity contribution >= 4 is 5.78 Å². The van der Waals surface area contributed by atoms with Crippen molar-refractivity contribution in [1.82, 2.24) is 0 Å². The number of fused-ring (bicyclic) bond motifs is 5. The molecular formula is C19H36O2. The Morgan fingerprint density at radius 1 is 0.952 bits per heavy atom. The number of carbonyl (C=O) groups is 1. The number of hydrogen-bond acceptors (Lipinski definition) is 1. The summed E-state index contributed by atoms with van der Waals surface area (Å²) in [6.07, 6.45) is 13.4. The van der Waals surface area contributed by atoms with Crippen molar-refractivity contribution in [2.24, 2.45) is 34.5 Å². The van der Waals surface area contributed by atoms with E-state index < -0.39 is 0 Å². The van der Waals surface area contributed by atoms with Crippen molar-refractivity contribution in [3.05, 3.63) is 0 Å². The fourth-order valence-electron chi connectivity index (χ4n) is 7.07. The Labute approximate surface area is 132 Å². The highest BCUT2D eigenvalue weighted by Crippen LogP contribution is 2.65. The van der Waals surface area contributed by atoms with E-state index in [4.69, 9.17) is 0 Å². The number of ketones is 1. The van der Waals surface area contributed by atoms with Crippen molar-refractivity contribution in [2.75, 3.05) is 0 Å². The molecule has 2 nitrogen and oxygen atoms in total. The number of Topliss-reactive ketones (excluding diaryl/α,β-unsaturated/α-hetero) is 1. The van der Waals surface area contributed by atoms with Gasteiger partial charge in [0.25, 0.3) is 0 Å². The number of rotatable bonds is 0. The normalized spacial score (nSPS) is 52.4. The van der Waals surface area contributed by atoms with Crippen molar-refractivity contribution in [3.8, 4) is 0 Å². The molecule has 2 N–H and O–H groups in total. The lowest BCUT2D eigenvalue weighted by molar-refractivity contribution is -0.138. The van der Waals surface area contributed by atoms with Crippen LogP contribution >= 0.6 is 0 Å². The molecule has 124 valence electrons. The molecular weight excluding hydrogens is 260 g/mol. The Bertz CT molecular complexity index is 441. The Morgan fingerprint density at radius 3 is 2.57 bits per heavy atom. The van der Waals surface area contributed by atoms with Gasteiger partial charge in [-0.1, -0.05) is 26.7 Å². The fraction of sp³-hybridized carbons (Fsp3) is 0.947. The molecule has 0 heterocycles. The van der Waals surface area contributed by atoms with E-state index in [9.17, 15) is 4.79 Å². The molecule has 0 bridgehead atoms. The standard InChI is InChI=1S/C19H30O.H2O.2H2/c1-18-11-4-3-5-13(18)6-7-14-15-8-9-17(20)19(15,2)12-10-16(14)18;;;/h13-16H,3-12H2,1-2H3;1H2;2*1H/t13?,14-,15?,16-,18-,19-;;;/m0.../s1. The number of carbonyl (C=O) groups excluding carboxylic acids is 1. The van der Waals surface area contributed by atoms with E-state index in [2.05, 4.69) is 13.8 Å². The highest BCUT2D eigenvalue weighted by atomic mass is 16.1. The van der Waals surface area contributed by atoms with Gasteiger partial charge in [-0.2, -0.15) is 0 Å². The van der Waals surface area contributed by atoms with Crippen LogP contribution in [0.2, 0.25) is 0 Å². The molecule has 0 aromatic rings. The quantitative estimate of drug-likeness (QED) is 0.641. The van der Waals surface area contributed by atoms with Gasteiger partial charge in [0.1, 0.15) is 5.78 Å². The third-order valence-corrected chi connectivity index (χ3v) is 8.29. The predicted octanol–water partition coefficient (Wildman–Crippen LogP) is 4.66. The van der Waals surface area contributed by atoms with Crippen LogP contribution < -0.4 is 0 Å². The molecule has 0 amide bonds. The predicted molar refractivity (Wildman–Crippen MR) is 89.2 cm³/mol. The molecule has 21 heavy (non-hydrogen) atoms. The summed E-state index contributed by atoms with van der Waals surface area (Å²) in [5.41, 5.74) is 0.688. The van der Waals surface area contributed by atoms with E-state index in [0.717, 1.165) is 30.1 Å². The third-order valence-electron chi connectivity index (χ3n) is 8.29. The van der Waals surface area contributed by atoms with Crippen LogP contribution in [0.4, 0.5) is 0 Å². The molecule has 6 atom stereocenters. The molecule has 4 rings (SSSR count). The van der Waals surface area contributed by atoms with E-state index in [1.807, 2.05) is 0 Å². The lowest BCUT2D eigenvalue weighted by Crippen LogP contribution is -2.52. The summed E-state index contributed by atoms with van der Waals surface area (Å²) in [6.45, 7) is 4.92. The first kappa shape index (κ1) is 15.5. The van der Waals surface area contributed by atoms with Crippen molar-refractivity contribution < 1.29 is 13.1 Å². The Morgan fingerprint density at radius 2 is 1.76 bits per heavy atom. The van der Waals surface area contributed by atoms with Crippen LogP contribution in [0.3, 0.4) is 0 Å². The molecule has 2 unspecified atom stereocenters. The van der Waals surface area contributed by atoms with E-state index >= 15 is 0 Å². The van der Waals surface area contributed by atoms with Crippen LogP contribution in [0, 0.1) is 34.5 Å². The fourth-order valence-corrected chi connectivity index (χ4v) is 7.07. The largest absolute Gasteiger partial charge is 0.412 e. The topological polar surface area (TPSA) is 48.6 Å². The number of hydrogen-bond donors (Lipinski definition) is 0. The van der Waals surface area contributed by atoms with Crippen molar-refractivity contribution in [3.63, 3.8) is 0 Å². The van der Waals surface area contributed by atoms with E-state index in [0.29, 0.717) is 11.2 Å². The SMILES string of the molecule is C[C@]12CCCCC1CC[C@H]1C3CCC(=O)[C@@]3(C)CC[C@@H]12.O.[HH].[HH]. The van der Waals surface area contributed by atoms with Gasteiger partial charge in [-0.15, -0.1) is 0 Å².